The molecule has 1 aliphatic rings. The largest absolute Gasteiger partial charge is 0.354 e. The third kappa shape index (κ3) is 3.86. The molecule has 0 amide bonds. The fourth-order valence-corrected chi connectivity index (χ4v) is 2.97. The van der Waals surface area contributed by atoms with Crippen LogP contribution < -0.4 is 10.2 Å². The molecule has 1 fully saturated rings. The molecule has 0 radical (unpaired) electrons. The predicted octanol–water partition coefficient (Wildman–Crippen LogP) is 3.86. The van der Waals surface area contributed by atoms with Crippen LogP contribution in [0, 0.1) is 5.92 Å². The first kappa shape index (κ1) is 15.6. The highest BCUT2D eigenvalue weighted by atomic mass is 35.5. The van der Waals surface area contributed by atoms with Crippen molar-refractivity contribution in [2.24, 2.45) is 5.92 Å². The first-order valence-corrected chi connectivity index (χ1v) is 8.12. The van der Waals surface area contributed by atoms with Gasteiger partial charge in [-0.1, -0.05) is 32.4 Å². The normalized spacial score (nSPS) is 19.1. The van der Waals surface area contributed by atoms with Gasteiger partial charge in [0, 0.05) is 19.1 Å². The first-order chi connectivity index (χ1) is 9.61. The number of nitrogens with zero attached hydrogens (tertiary/aromatic N) is 2. The van der Waals surface area contributed by atoms with Gasteiger partial charge in [-0.25, -0.2) is 4.98 Å². The van der Waals surface area contributed by atoms with Crippen LogP contribution in [0.25, 0.3) is 0 Å². The number of rotatable bonds is 6. The summed E-state index contributed by atoms with van der Waals surface area (Å²) in [5.41, 5.74) is 0.964. The van der Waals surface area contributed by atoms with Gasteiger partial charge in [0.2, 0.25) is 0 Å². The molecular weight excluding hydrogens is 270 g/mol. The summed E-state index contributed by atoms with van der Waals surface area (Å²) in [4.78, 5) is 7.21. The highest BCUT2D eigenvalue weighted by molar-refractivity contribution is 6.31. The fourth-order valence-electron chi connectivity index (χ4n) is 2.80. The van der Waals surface area contributed by atoms with Crippen molar-refractivity contribution in [1.29, 1.82) is 0 Å². The van der Waals surface area contributed by atoms with E-state index in [1.165, 1.54) is 19.3 Å². The molecular formula is C16H26ClN3. The van der Waals surface area contributed by atoms with Gasteiger partial charge in [-0.3, -0.25) is 0 Å². The van der Waals surface area contributed by atoms with Crippen molar-refractivity contribution in [3.63, 3.8) is 0 Å². The SMILES string of the molecule is CCC1CCCN1c1ccc(Cl)c(CNCC(C)C)n1. The molecule has 1 aromatic heterocycles. The van der Waals surface area contributed by atoms with E-state index in [1.807, 2.05) is 6.07 Å². The maximum Gasteiger partial charge on any atom is 0.129 e. The first-order valence-electron chi connectivity index (χ1n) is 7.74. The van der Waals surface area contributed by atoms with Crippen LogP contribution in [0.15, 0.2) is 12.1 Å². The lowest BCUT2D eigenvalue weighted by Crippen LogP contribution is -2.29. The predicted molar refractivity (Wildman–Crippen MR) is 86.5 cm³/mol. The van der Waals surface area contributed by atoms with E-state index in [4.69, 9.17) is 16.6 Å². The Bertz CT molecular complexity index is 434. The standard InChI is InChI=1S/C16H26ClN3/c1-4-13-6-5-9-20(13)16-8-7-14(17)15(19-16)11-18-10-12(2)3/h7-8,12-13,18H,4-6,9-11H2,1-3H3. The lowest BCUT2D eigenvalue weighted by molar-refractivity contribution is 0.547. The lowest BCUT2D eigenvalue weighted by atomic mass is 10.2. The van der Waals surface area contributed by atoms with E-state index >= 15 is 0 Å². The molecule has 0 aliphatic carbocycles. The zero-order valence-corrected chi connectivity index (χ0v) is 13.6. The van der Waals surface area contributed by atoms with Crippen molar-refractivity contribution >= 4 is 17.4 Å². The van der Waals surface area contributed by atoms with Crippen molar-refractivity contribution < 1.29 is 0 Å². The zero-order valence-electron chi connectivity index (χ0n) is 12.8. The number of nitrogens with one attached hydrogen (secondary N) is 1. The summed E-state index contributed by atoms with van der Waals surface area (Å²) in [5.74, 6) is 1.72. The van der Waals surface area contributed by atoms with Crippen molar-refractivity contribution in [3.8, 4) is 0 Å². The van der Waals surface area contributed by atoms with Crippen LogP contribution in [-0.2, 0) is 6.54 Å². The molecule has 3 nitrogen and oxygen atoms in total. The second-order valence-corrected chi connectivity index (χ2v) is 6.43. The van der Waals surface area contributed by atoms with E-state index in [9.17, 15) is 0 Å². The average molecular weight is 296 g/mol. The van der Waals surface area contributed by atoms with Crippen molar-refractivity contribution in [2.75, 3.05) is 18.0 Å². The average Bonchev–Trinajstić information content (AvgIpc) is 2.89. The van der Waals surface area contributed by atoms with Gasteiger partial charge in [-0.05, 0) is 43.9 Å². The summed E-state index contributed by atoms with van der Waals surface area (Å²) in [5, 5.41) is 4.18. The molecule has 1 atom stereocenters. The minimum absolute atomic E-state index is 0.639. The van der Waals surface area contributed by atoms with Crippen LogP contribution in [0.2, 0.25) is 5.02 Å². The number of halogens is 1. The van der Waals surface area contributed by atoms with Crippen LogP contribution >= 0.6 is 11.6 Å². The van der Waals surface area contributed by atoms with Crippen molar-refractivity contribution in [2.45, 2.75) is 52.6 Å². The lowest BCUT2D eigenvalue weighted by Gasteiger charge is -2.25. The number of anilines is 1. The Morgan fingerprint density at radius 3 is 2.95 bits per heavy atom. The Morgan fingerprint density at radius 2 is 2.25 bits per heavy atom. The van der Waals surface area contributed by atoms with Gasteiger partial charge in [-0.2, -0.15) is 0 Å². The molecule has 4 heteroatoms. The third-order valence-corrected chi connectivity index (χ3v) is 4.24. The minimum Gasteiger partial charge on any atom is -0.354 e. The highest BCUT2D eigenvalue weighted by Gasteiger charge is 2.24. The number of hydrogen-bond acceptors (Lipinski definition) is 3. The Hall–Kier alpha value is -0.800. The van der Waals surface area contributed by atoms with E-state index in [-0.39, 0.29) is 0 Å². The second kappa shape index (κ2) is 7.28. The van der Waals surface area contributed by atoms with Gasteiger partial charge in [0.05, 0.1) is 10.7 Å². The molecule has 1 saturated heterocycles. The van der Waals surface area contributed by atoms with Gasteiger partial charge in [0.1, 0.15) is 5.82 Å². The Kier molecular flexibility index (Phi) is 5.67. The second-order valence-electron chi connectivity index (χ2n) is 6.02. The number of hydrogen-bond donors (Lipinski definition) is 1. The van der Waals surface area contributed by atoms with Crippen LogP contribution in [-0.4, -0.2) is 24.1 Å². The van der Waals surface area contributed by atoms with E-state index < -0.39 is 0 Å². The minimum atomic E-state index is 0.639. The topological polar surface area (TPSA) is 28.2 Å². The molecule has 1 aliphatic heterocycles. The number of aromatic nitrogens is 1. The molecule has 112 valence electrons. The Balaban J connectivity index is 2.07. The van der Waals surface area contributed by atoms with Crippen LogP contribution in [0.1, 0.15) is 45.7 Å². The van der Waals surface area contributed by atoms with Gasteiger partial charge in [0.15, 0.2) is 0 Å². The van der Waals surface area contributed by atoms with Gasteiger partial charge in [0.25, 0.3) is 0 Å². The maximum atomic E-state index is 6.27. The molecule has 20 heavy (non-hydrogen) atoms. The van der Waals surface area contributed by atoms with E-state index in [1.54, 1.807) is 0 Å². The van der Waals surface area contributed by atoms with Crippen molar-refractivity contribution in [3.05, 3.63) is 22.8 Å². The molecule has 1 aromatic rings. The molecule has 2 rings (SSSR count). The third-order valence-electron chi connectivity index (χ3n) is 3.89. The summed E-state index contributed by atoms with van der Waals surface area (Å²) in [6.07, 6.45) is 3.73. The summed E-state index contributed by atoms with van der Waals surface area (Å²) in [6, 6.07) is 4.68. The summed E-state index contributed by atoms with van der Waals surface area (Å²) in [6.45, 7) is 9.51. The summed E-state index contributed by atoms with van der Waals surface area (Å²) in [7, 11) is 0. The fraction of sp³-hybridized carbons (Fsp3) is 0.688. The number of pyridine rings is 1. The zero-order chi connectivity index (χ0) is 14.5. The molecule has 1 unspecified atom stereocenters. The maximum absolute atomic E-state index is 6.27. The van der Waals surface area contributed by atoms with E-state index in [0.717, 1.165) is 36.2 Å². The van der Waals surface area contributed by atoms with Crippen LogP contribution in [0.5, 0.6) is 0 Å². The smallest absolute Gasteiger partial charge is 0.129 e. The van der Waals surface area contributed by atoms with E-state index in [0.29, 0.717) is 12.0 Å². The van der Waals surface area contributed by atoms with Gasteiger partial charge >= 0.3 is 0 Å². The molecule has 2 heterocycles. The van der Waals surface area contributed by atoms with Crippen LogP contribution in [0.4, 0.5) is 5.82 Å². The monoisotopic (exact) mass is 295 g/mol. The highest BCUT2D eigenvalue weighted by Crippen LogP contribution is 2.27. The molecule has 1 N–H and O–H groups in total. The van der Waals surface area contributed by atoms with Crippen molar-refractivity contribution in [1.82, 2.24) is 10.3 Å². The summed E-state index contributed by atoms with van der Waals surface area (Å²) >= 11 is 6.27. The quantitative estimate of drug-likeness (QED) is 0.864. The van der Waals surface area contributed by atoms with E-state index in [2.05, 4.69) is 37.1 Å². The van der Waals surface area contributed by atoms with Crippen LogP contribution in [0.3, 0.4) is 0 Å². The Morgan fingerprint density at radius 1 is 1.45 bits per heavy atom. The molecule has 0 bridgehead atoms. The molecule has 0 aromatic carbocycles. The van der Waals surface area contributed by atoms with Gasteiger partial charge < -0.3 is 10.2 Å². The molecule has 0 spiro atoms. The Labute approximate surface area is 127 Å². The molecule has 0 saturated carbocycles. The van der Waals surface area contributed by atoms with Gasteiger partial charge in [-0.15, -0.1) is 0 Å². The summed E-state index contributed by atoms with van der Waals surface area (Å²) < 4.78 is 0.